The fourth-order valence-electron chi connectivity index (χ4n) is 3.20. The first-order chi connectivity index (χ1) is 15.7. The lowest BCUT2D eigenvalue weighted by Crippen LogP contribution is -2.45. The molecule has 1 aromatic heterocycles. The van der Waals surface area contributed by atoms with Crippen molar-refractivity contribution in [2.75, 3.05) is 6.54 Å². The number of rotatable bonds is 8. The number of amides is 1. The smallest absolute Gasteiger partial charge is 0.334 e. The van der Waals surface area contributed by atoms with Crippen LogP contribution in [-0.4, -0.2) is 37.8 Å². The average Bonchev–Trinajstić information content (AvgIpc) is 2.77. The molecule has 1 heterocycles. The number of carbonyl (C=O) groups is 2. The first-order valence-electron chi connectivity index (χ1n) is 9.74. The lowest BCUT2D eigenvalue weighted by atomic mass is 10.1. The van der Waals surface area contributed by atoms with Crippen LogP contribution in [0, 0.1) is 0 Å². The van der Waals surface area contributed by atoms with Crippen LogP contribution >= 0.6 is 23.2 Å². The van der Waals surface area contributed by atoms with E-state index in [1.807, 2.05) is 23.5 Å². The van der Waals surface area contributed by atoms with Crippen molar-refractivity contribution in [1.82, 2.24) is 14.5 Å². The molecule has 0 aliphatic carbocycles. The van der Waals surface area contributed by atoms with Crippen molar-refractivity contribution in [3.05, 3.63) is 96.1 Å². The first-order valence-corrected chi connectivity index (χ1v) is 10.5. The van der Waals surface area contributed by atoms with Crippen molar-refractivity contribution in [1.29, 1.82) is 0 Å². The molecule has 0 fully saturated rings. The molecule has 3 aromatic rings. The second kappa shape index (κ2) is 10.4. The molecule has 0 atom stereocenters. The number of carboxylic acid groups (broad SMARTS) is 1. The molecular formula is C22H19Cl2N3O6. The predicted molar refractivity (Wildman–Crippen MR) is 122 cm³/mol. The Labute approximate surface area is 197 Å². The number of aryl methyl sites for hydroxylation is 1. The molecule has 3 rings (SSSR count). The van der Waals surface area contributed by atoms with Crippen molar-refractivity contribution >= 4 is 35.1 Å². The second-order valence-electron chi connectivity index (χ2n) is 7.04. The molecule has 0 saturated heterocycles. The van der Waals surface area contributed by atoms with Gasteiger partial charge >= 0.3 is 11.7 Å². The molecule has 1 amide bonds. The Balaban J connectivity index is 2.13. The van der Waals surface area contributed by atoms with Crippen LogP contribution in [0.4, 0.5) is 0 Å². The maximum absolute atomic E-state index is 13.2. The summed E-state index contributed by atoms with van der Waals surface area (Å²) in [5.74, 6) is -3.39. The van der Waals surface area contributed by atoms with Crippen molar-refractivity contribution in [3.63, 3.8) is 0 Å². The van der Waals surface area contributed by atoms with Gasteiger partial charge in [-0.05, 0) is 24.1 Å². The zero-order valence-electron chi connectivity index (χ0n) is 17.1. The number of hydrogen-bond donors (Lipinski definition) is 3. The summed E-state index contributed by atoms with van der Waals surface area (Å²) >= 11 is 12.4. The van der Waals surface area contributed by atoms with Crippen LogP contribution in [0.15, 0.2) is 58.1 Å². The number of halogens is 2. The third-order valence-corrected chi connectivity index (χ3v) is 5.58. The maximum atomic E-state index is 13.2. The van der Waals surface area contributed by atoms with Gasteiger partial charge < -0.3 is 15.5 Å². The number of hydrogen-bond acceptors (Lipinski definition) is 5. The molecule has 0 radical (unpaired) electrons. The minimum atomic E-state index is -1.34. The van der Waals surface area contributed by atoms with E-state index in [-0.39, 0.29) is 23.1 Å². The summed E-state index contributed by atoms with van der Waals surface area (Å²) in [5.41, 5.74) is -1.54. The molecule has 0 bridgehead atoms. The van der Waals surface area contributed by atoms with Gasteiger partial charge in [0.2, 0.25) is 5.88 Å². The van der Waals surface area contributed by atoms with Crippen LogP contribution in [0.5, 0.6) is 5.88 Å². The molecule has 2 aromatic carbocycles. The Hall–Kier alpha value is -3.56. The molecule has 9 nitrogen and oxygen atoms in total. The molecule has 3 N–H and O–H groups in total. The SMILES string of the molecule is O=C(O)CNC(=O)c1c(O)n(Cc2c(Cl)cccc2Cl)c(=O)n(CCc2ccccc2)c1=O. The highest BCUT2D eigenvalue weighted by molar-refractivity contribution is 6.36. The highest BCUT2D eigenvalue weighted by atomic mass is 35.5. The van der Waals surface area contributed by atoms with Crippen molar-refractivity contribution in [3.8, 4) is 5.88 Å². The predicted octanol–water partition coefficient (Wildman–Crippen LogP) is 2.13. The maximum Gasteiger partial charge on any atom is 0.334 e. The van der Waals surface area contributed by atoms with E-state index in [1.165, 1.54) is 12.1 Å². The molecule has 33 heavy (non-hydrogen) atoms. The number of nitrogens with one attached hydrogen (secondary N) is 1. The Kier molecular flexibility index (Phi) is 7.57. The number of nitrogens with zero attached hydrogens (tertiary/aromatic N) is 2. The highest BCUT2D eigenvalue weighted by Crippen LogP contribution is 2.26. The standard InChI is InChI=1S/C22H19Cl2N3O6/c23-15-7-4-8-16(24)14(15)12-27-21(32)18(19(30)25-11-17(28)29)20(31)26(22(27)33)10-9-13-5-2-1-3-6-13/h1-8,32H,9-12H2,(H,25,30)(H,28,29). The van der Waals surface area contributed by atoms with E-state index in [4.69, 9.17) is 28.3 Å². The monoisotopic (exact) mass is 491 g/mol. The summed E-state index contributed by atoms with van der Waals surface area (Å²) in [5, 5.41) is 22.0. The van der Waals surface area contributed by atoms with Gasteiger partial charge in [-0.2, -0.15) is 0 Å². The van der Waals surface area contributed by atoms with Crippen LogP contribution in [0.1, 0.15) is 21.5 Å². The van der Waals surface area contributed by atoms with Crippen LogP contribution in [0.2, 0.25) is 10.0 Å². The largest absolute Gasteiger partial charge is 0.494 e. The highest BCUT2D eigenvalue weighted by Gasteiger charge is 2.25. The van der Waals surface area contributed by atoms with Gasteiger partial charge in [0.05, 0.1) is 6.54 Å². The van der Waals surface area contributed by atoms with Crippen molar-refractivity contribution < 1.29 is 19.8 Å². The van der Waals surface area contributed by atoms with E-state index in [0.29, 0.717) is 12.0 Å². The second-order valence-corrected chi connectivity index (χ2v) is 7.85. The molecule has 172 valence electrons. The van der Waals surface area contributed by atoms with Gasteiger partial charge in [0, 0.05) is 22.2 Å². The third-order valence-electron chi connectivity index (χ3n) is 4.87. The summed E-state index contributed by atoms with van der Waals surface area (Å²) < 4.78 is 1.61. The minimum absolute atomic E-state index is 0.0859. The van der Waals surface area contributed by atoms with E-state index in [0.717, 1.165) is 14.7 Å². The number of benzene rings is 2. The van der Waals surface area contributed by atoms with Crippen molar-refractivity contribution in [2.45, 2.75) is 19.5 Å². The van der Waals surface area contributed by atoms with Gasteiger partial charge in [-0.1, -0.05) is 59.6 Å². The normalized spacial score (nSPS) is 10.7. The lowest BCUT2D eigenvalue weighted by molar-refractivity contribution is -0.135. The van der Waals surface area contributed by atoms with Crippen molar-refractivity contribution in [2.24, 2.45) is 0 Å². The van der Waals surface area contributed by atoms with E-state index in [9.17, 15) is 24.3 Å². The molecule has 0 aliphatic heterocycles. The van der Waals surface area contributed by atoms with E-state index < -0.39 is 41.1 Å². The molecular weight excluding hydrogens is 473 g/mol. The molecule has 11 heteroatoms. The van der Waals surface area contributed by atoms with Crippen LogP contribution < -0.4 is 16.6 Å². The quantitative estimate of drug-likeness (QED) is 0.442. The number of aliphatic carboxylic acids is 1. The molecule has 0 unspecified atom stereocenters. The summed E-state index contributed by atoms with van der Waals surface area (Å²) in [6.07, 6.45) is 0.295. The Morgan fingerprint density at radius 2 is 1.58 bits per heavy atom. The lowest BCUT2D eigenvalue weighted by Gasteiger charge is -2.17. The van der Waals surface area contributed by atoms with Gasteiger partial charge in [-0.15, -0.1) is 0 Å². The van der Waals surface area contributed by atoms with Gasteiger partial charge in [-0.25, -0.2) is 4.79 Å². The number of carboxylic acids is 1. The average molecular weight is 492 g/mol. The third kappa shape index (κ3) is 5.44. The van der Waals surface area contributed by atoms with E-state index in [1.54, 1.807) is 18.2 Å². The van der Waals surface area contributed by atoms with Gasteiger partial charge in [0.1, 0.15) is 6.54 Å². The fourth-order valence-corrected chi connectivity index (χ4v) is 3.72. The minimum Gasteiger partial charge on any atom is -0.494 e. The molecule has 0 spiro atoms. The summed E-state index contributed by atoms with van der Waals surface area (Å²) in [6.45, 7) is -1.19. The summed E-state index contributed by atoms with van der Waals surface area (Å²) in [4.78, 5) is 49.5. The zero-order chi connectivity index (χ0) is 24.1. The van der Waals surface area contributed by atoms with E-state index in [2.05, 4.69) is 0 Å². The van der Waals surface area contributed by atoms with E-state index >= 15 is 0 Å². The van der Waals surface area contributed by atoms with Gasteiger partial charge in [-0.3, -0.25) is 23.5 Å². The van der Waals surface area contributed by atoms with Crippen LogP contribution in [-0.2, 0) is 24.3 Å². The topological polar surface area (TPSA) is 131 Å². The Morgan fingerprint density at radius 1 is 0.939 bits per heavy atom. The summed E-state index contributed by atoms with van der Waals surface area (Å²) in [6, 6.07) is 13.7. The zero-order valence-corrected chi connectivity index (χ0v) is 18.6. The first kappa shape index (κ1) is 24.1. The van der Waals surface area contributed by atoms with Gasteiger partial charge in [0.25, 0.3) is 11.5 Å². The molecule has 0 saturated carbocycles. The Bertz CT molecular complexity index is 1300. The Morgan fingerprint density at radius 3 is 2.18 bits per heavy atom. The number of aromatic hydroxyl groups is 1. The number of carbonyl (C=O) groups excluding carboxylic acids is 1. The number of aromatic nitrogens is 2. The van der Waals surface area contributed by atoms with Crippen LogP contribution in [0.3, 0.4) is 0 Å². The van der Waals surface area contributed by atoms with Gasteiger partial charge in [0.15, 0.2) is 5.56 Å². The van der Waals surface area contributed by atoms with Crippen LogP contribution in [0.25, 0.3) is 0 Å². The fraction of sp³-hybridized carbons (Fsp3) is 0.182. The molecule has 0 aliphatic rings. The summed E-state index contributed by atoms with van der Waals surface area (Å²) in [7, 11) is 0.